The van der Waals surface area contributed by atoms with Crippen LogP contribution in [0.25, 0.3) is 0 Å². The number of hydrogen-bond acceptors (Lipinski definition) is 2. The van der Waals surface area contributed by atoms with Crippen LogP contribution in [-0.4, -0.2) is 4.98 Å². The lowest BCUT2D eigenvalue weighted by atomic mass is 10.1. The second kappa shape index (κ2) is 5.11. The Morgan fingerprint density at radius 1 is 1.25 bits per heavy atom. The quantitative estimate of drug-likeness (QED) is 0.763. The van der Waals surface area contributed by atoms with E-state index in [1.54, 1.807) is 11.3 Å². The molecule has 0 amide bonds. The van der Waals surface area contributed by atoms with Gasteiger partial charge in [-0.05, 0) is 19.4 Å². The molecule has 1 nitrogen and oxygen atoms in total. The molecule has 0 aliphatic rings. The number of halogens is 1. The zero-order valence-electron chi connectivity index (χ0n) is 9.40. The lowest BCUT2D eigenvalue weighted by molar-refractivity contribution is 0.926. The molecule has 0 aliphatic carbocycles. The van der Waals surface area contributed by atoms with Gasteiger partial charge in [0.25, 0.3) is 0 Å². The fraction of sp³-hybridized carbons (Fsp3) is 0.308. The molecular formula is C13H14BrNS. The van der Waals surface area contributed by atoms with E-state index in [0.29, 0.717) is 4.83 Å². The molecule has 1 heterocycles. The fourth-order valence-electron chi connectivity index (χ4n) is 1.56. The Kier molecular flexibility index (Phi) is 3.77. The molecule has 1 aromatic heterocycles. The zero-order chi connectivity index (χ0) is 11.5. The first-order chi connectivity index (χ1) is 7.66. The van der Waals surface area contributed by atoms with E-state index in [2.05, 4.69) is 59.0 Å². The summed E-state index contributed by atoms with van der Waals surface area (Å²) in [6.45, 7) is 4.20. The fourth-order valence-corrected chi connectivity index (χ4v) is 3.37. The van der Waals surface area contributed by atoms with Gasteiger partial charge in [-0.3, -0.25) is 0 Å². The Labute approximate surface area is 109 Å². The Hall–Kier alpha value is -0.670. The van der Waals surface area contributed by atoms with Crippen LogP contribution < -0.4 is 0 Å². The lowest BCUT2D eigenvalue weighted by Gasteiger charge is -2.07. The van der Waals surface area contributed by atoms with Crippen molar-refractivity contribution in [3.05, 3.63) is 51.5 Å². The van der Waals surface area contributed by atoms with Gasteiger partial charge in [-0.2, -0.15) is 0 Å². The summed E-state index contributed by atoms with van der Waals surface area (Å²) in [5.74, 6) is 0. The van der Waals surface area contributed by atoms with Crippen LogP contribution >= 0.6 is 27.3 Å². The molecule has 0 bridgehead atoms. The second-order valence-electron chi connectivity index (χ2n) is 3.83. The van der Waals surface area contributed by atoms with Crippen molar-refractivity contribution in [1.82, 2.24) is 4.98 Å². The molecule has 3 heteroatoms. The number of alkyl halides is 1. The minimum Gasteiger partial charge on any atom is -0.246 e. The number of aryl methyl sites for hydroxylation is 2. The third-order valence-electron chi connectivity index (χ3n) is 2.59. The first kappa shape index (κ1) is 11.8. The number of rotatable bonds is 3. The van der Waals surface area contributed by atoms with Crippen molar-refractivity contribution >= 4 is 27.3 Å². The van der Waals surface area contributed by atoms with Crippen LogP contribution in [0.1, 0.15) is 26.0 Å². The van der Waals surface area contributed by atoms with Gasteiger partial charge in [0.15, 0.2) is 0 Å². The second-order valence-corrected chi connectivity index (χ2v) is 6.22. The molecule has 1 unspecified atom stereocenters. The Morgan fingerprint density at radius 2 is 1.94 bits per heavy atom. The molecule has 84 valence electrons. The molecule has 0 spiro atoms. The maximum atomic E-state index is 4.56. The number of hydrogen-bond donors (Lipinski definition) is 0. The summed E-state index contributed by atoms with van der Waals surface area (Å²) in [5, 5.41) is 1.21. The van der Waals surface area contributed by atoms with Crippen molar-refractivity contribution in [3.8, 4) is 0 Å². The highest BCUT2D eigenvalue weighted by molar-refractivity contribution is 9.09. The molecule has 0 saturated carbocycles. The van der Waals surface area contributed by atoms with Crippen LogP contribution in [0.15, 0.2) is 30.3 Å². The van der Waals surface area contributed by atoms with Gasteiger partial charge in [-0.25, -0.2) is 4.98 Å². The van der Waals surface area contributed by atoms with Crippen molar-refractivity contribution in [2.45, 2.75) is 25.1 Å². The standard InChI is InChI=1S/C13H14BrNS/c1-9-10(2)16-13(15-9)8-12(14)11-6-4-3-5-7-11/h3-7,12H,8H2,1-2H3. The van der Waals surface area contributed by atoms with Crippen LogP contribution in [0.2, 0.25) is 0 Å². The van der Waals surface area contributed by atoms with Crippen molar-refractivity contribution in [2.75, 3.05) is 0 Å². The predicted octanol–water partition coefficient (Wildman–Crippen LogP) is 4.44. The molecule has 1 aromatic carbocycles. The van der Waals surface area contributed by atoms with Crippen LogP contribution in [0.3, 0.4) is 0 Å². The summed E-state index contributed by atoms with van der Waals surface area (Å²) >= 11 is 5.52. The average Bonchev–Trinajstić information content (AvgIpc) is 2.59. The van der Waals surface area contributed by atoms with Crippen LogP contribution in [0, 0.1) is 13.8 Å². The first-order valence-electron chi connectivity index (χ1n) is 5.28. The maximum absolute atomic E-state index is 4.56. The maximum Gasteiger partial charge on any atom is 0.0945 e. The molecule has 16 heavy (non-hydrogen) atoms. The summed E-state index contributed by atoms with van der Waals surface area (Å²) in [5.41, 5.74) is 2.47. The number of thiazole rings is 1. The molecule has 0 radical (unpaired) electrons. The SMILES string of the molecule is Cc1nc(CC(Br)c2ccccc2)sc1C. The lowest BCUT2D eigenvalue weighted by Crippen LogP contribution is -1.94. The van der Waals surface area contributed by atoms with Gasteiger partial charge in [0.1, 0.15) is 0 Å². The highest BCUT2D eigenvalue weighted by atomic mass is 79.9. The van der Waals surface area contributed by atoms with Gasteiger partial charge < -0.3 is 0 Å². The van der Waals surface area contributed by atoms with Crippen molar-refractivity contribution in [3.63, 3.8) is 0 Å². The summed E-state index contributed by atoms with van der Waals surface area (Å²) in [6.07, 6.45) is 0.962. The van der Waals surface area contributed by atoms with E-state index in [0.717, 1.165) is 12.1 Å². The summed E-state index contributed by atoms with van der Waals surface area (Å²) < 4.78 is 0. The topological polar surface area (TPSA) is 12.9 Å². The number of nitrogens with zero attached hydrogens (tertiary/aromatic N) is 1. The Balaban J connectivity index is 2.11. The third-order valence-corrected chi connectivity index (χ3v) is 4.54. The van der Waals surface area contributed by atoms with Crippen molar-refractivity contribution < 1.29 is 0 Å². The van der Waals surface area contributed by atoms with Crippen molar-refractivity contribution in [2.24, 2.45) is 0 Å². The normalized spacial score (nSPS) is 12.7. The number of aromatic nitrogens is 1. The summed E-state index contributed by atoms with van der Waals surface area (Å²) in [7, 11) is 0. The van der Waals surface area contributed by atoms with Crippen molar-refractivity contribution in [1.29, 1.82) is 0 Å². The van der Waals surface area contributed by atoms with Gasteiger partial charge in [-0.1, -0.05) is 46.3 Å². The first-order valence-corrected chi connectivity index (χ1v) is 7.02. The van der Waals surface area contributed by atoms with Crippen LogP contribution in [-0.2, 0) is 6.42 Å². The predicted molar refractivity (Wildman–Crippen MR) is 73.4 cm³/mol. The van der Waals surface area contributed by atoms with Gasteiger partial charge in [-0.15, -0.1) is 11.3 Å². The molecule has 0 aliphatic heterocycles. The van der Waals surface area contributed by atoms with E-state index in [9.17, 15) is 0 Å². The van der Waals surface area contributed by atoms with E-state index in [1.165, 1.54) is 15.4 Å². The molecule has 1 atom stereocenters. The van der Waals surface area contributed by atoms with Crippen LogP contribution in [0.5, 0.6) is 0 Å². The highest BCUT2D eigenvalue weighted by Gasteiger charge is 2.11. The molecular weight excluding hydrogens is 282 g/mol. The zero-order valence-corrected chi connectivity index (χ0v) is 11.8. The monoisotopic (exact) mass is 295 g/mol. The van der Waals surface area contributed by atoms with Crippen LogP contribution in [0.4, 0.5) is 0 Å². The average molecular weight is 296 g/mol. The van der Waals surface area contributed by atoms with Gasteiger partial charge in [0, 0.05) is 16.1 Å². The molecule has 2 rings (SSSR count). The van der Waals surface area contributed by atoms with E-state index in [-0.39, 0.29) is 0 Å². The van der Waals surface area contributed by atoms with E-state index < -0.39 is 0 Å². The smallest absolute Gasteiger partial charge is 0.0945 e. The molecule has 0 saturated heterocycles. The minimum absolute atomic E-state index is 0.360. The van der Waals surface area contributed by atoms with Gasteiger partial charge >= 0.3 is 0 Å². The Morgan fingerprint density at radius 3 is 2.50 bits per heavy atom. The van der Waals surface area contributed by atoms with E-state index in [1.807, 2.05) is 6.07 Å². The Bertz CT molecular complexity index is 445. The molecule has 0 N–H and O–H groups in total. The molecule has 2 aromatic rings. The third kappa shape index (κ3) is 2.71. The van der Waals surface area contributed by atoms with Gasteiger partial charge in [0.2, 0.25) is 0 Å². The summed E-state index contributed by atoms with van der Waals surface area (Å²) in [6, 6.07) is 10.5. The van der Waals surface area contributed by atoms with Gasteiger partial charge in [0.05, 0.1) is 10.7 Å². The highest BCUT2D eigenvalue weighted by Crippen LogP contribution is 2.29. The summed E-state index contributed by atoms with van der Waals surface area (Å²) in [4.78, 5) is 6.25. The largest absolute Gasteiger partial charge is 0.246 e. The number of benzene rings is 1. The van der Waals surface area contributed by atoms with E-state index >= 15 is 0 Å². The van der Waals surface area contributed by atoms with E-state index in [4.69, 9.17) is 0 Å². The minimum atomic E-state index is 0.360. The molecule has 0 fully saturated rings.